The van der Waals surface area contributed by atoms with Crippen molar-refractivity contribution in [3.05, 3.63) is 35.6 Å². The number of hydrogen-bond donors (Lipinski definition) is 0. The van der Waals surface area contributed by atoms with Gasteiger partial charge in [0.25, 0.3) is 0 Å². The molecule has 21 heavy (non-hydrogen) atoms. The Morgan fingerprint density at radius 1 is 1.43 bits per heavy atom. The molecule has 1 fully saturated rings. The number of thioether (sulfide) groups is 1. The number of carbonyl (C=O) groups excluding carboxylic acids is 1. The fourth-order valence-electron chi connectivity index (χ4n) is 2.94. The van der Waals surface area contributed by atoms with Crippen molar-refractivity contribution in [2.24, 2.45) is 5.92 Å². The summed E-state index contributed by atoms with van der Waals surface area (Å²) in [5.41, 5.74) is 0.795. The largest absolute Gasteiger partial charge is 0.342 e. The molecule has 116 valence electrons. The van der Waals surface area contributed by atoms with Crippen LogP contribution in [0.5, 0.6) is 0 Å². The molecule has 0 aromatic heterocycles. The number of nitrogens with zero attached hydrogens (tertiary/aromatic N) is 1. The van der Waals surface area contributed by atoms with Gasteiger partial charge in [-0.1, -0.05) is 18.2 Å². The fraction of sp³-hybridized carbons (Fsp3) is 0.588. The molecular weight excluding hydrogens is 285 g/mol. The molecule has 0 aliphatic carbocycles. The van der Waals surface area contributed by atoms with Crippen LogP contribution in [0, 0.1) is 11.7 Å². The summed E-state index contributed by atoms with van der Waals surface area (Å²) in [4.78, 5) is 14.1. The Bertz CT molecular complexity index is 466. The Kier molecular flexibility index (Phi) is 6.55. The van der Waals surface area contributed by atoms with Crippen molar-refractivity contribution in [2.75, 3.05) is 25.1 Å². The molecule has 1 aliphatic rings. The second kappa shape index (κ2) is 8.42. The number of halogens is 1. The summed E-state index contributed by atoms with van der Waals surface area (Å²) in [5.74, 6) is 1.58. The van der Waals surface area contributed by atoms with Crippen LogP contribution < -0.4 is 0 Å². The number of benzene rings is 1. The SMILES string of the molecule is CSCCC(=O)N1CCC[C@H](CCc2ccccc2F)C1. The molecule has 0 spiro atoms. The summed E-state index contributed by atoms with van der Waals surface area (Å²) in [6, 6.07) is 7.00. The van der Waals surface area contributed by atoms with Crippen LogP contribution in [0.3, 0.4) is 0 Å². The van der Waals surface area contributed by atoms with E-state index in [1.165, 1.54) is 6.07 Å². The van der Waals surface area contributed by atoms with E-state index in [2.05, 4.69) is 0 Å². The highest BCUT2D eigenvalue weighted by Crippen LogP contribution is 2.23. The normalized spacial score (nSPS) is 18.8. The van der Waals surface area contributed by atoms with Crippen LogP contribution in [0.4, 0.5) is 4.39 Å². The van der Waals surface area contributed by atoms with Gasteiger partial charge in [0.1, 0.15) is 5.82 Å². The van der Waals surface area contributed by atoms with Crippen LogP contribution in [-0.2, 0) is 11.2 Å². The van der Waals surface area contributed by atoms with E-state index >= 15 is 0 Å². The van der Waals surface area contributed by atoms with Gasteiger partial charge >= 0.3 is 0 Å². The molecule has 2 rings (SSSR count). The second-order valence-electron chi connectivity index (χ2n) is 5.72. The third-order valence-electron chi connectivity index (χ3n) is 4.17. The van der Waals surface area contributed by atoms with Crippen molar-refractivity contribution >= 4 is 17.7 Å². The van der Waals surface area contributed by atoms with Gasteiger partial charge in [-0.25, -0.2) is 4.39 Å². The maximum atomic E-state index is 13.6. The standard InChI is InChI=1S/C17H24FNOS/c1-21-12-10-17(20)19-11-4-5-14(13-19)8-9-15-6-2-3-7-16(15)18/h2-3,6-7,14H,4-5,8-13H2,1H3/t14-/m1/s1. The van der Waals surface area contributed by atoms with Crippen LogP contribution in [0.25, 0.3) is 0 Å². The Hall–Kier alpha value is -1.03. The molecule has 4 heteroatoms. The molecule has 0 bridgehead atoms. The number of amides is 1. The summed E-state index contributed by atoms with van der Waals surface area (Å²) < 4.78 is 13.6. The van der Waals surface area contributed by atoms with Crippen molar-refractivity contribution in [3.8, 4) is 0 Å². The average molecular weight is 309 g/mol. The molecular formula is C17H24FNOS. The first-order valence-corrected chi connectivity index (χ1v) is 9.10. The maximum Gasteiger partial charge on any atom is 0.223 e. The topological polar surface area (TPSA) is 20.3 Å². The molecule has 0 N–H and O–H groups in total. The van der Waals surface area contributed by atoms with Gasteiger partial charge in [0.05, 0.1) is 0 Å². The Balaban J connectivity index is 1.81. The summed E-state index contributed by atoms with van der Waals surface area (Å²) in [7, 11) is 0. The monoisotopic (exact) mass is 309 g/mol. The Morgan fingerprint density at radius 3 is 3.00 bits per heavy atom. The van der Waals surface area contributed by atoms with Gasteiger partial charge in [-0.3, -0.25) is 4.79 Å². The highest BCUT2D eigenvalue weighted by molar-refractivity contribution is 7.98. The minimum absolute atomic E-state index is 0.110. The third kappa shape index (κ3) is 5.03. The lowest BCUT2D eigenvalue weighted by atomic mass is 9.91. The number of rotatable bonds is 6. The van der Waals surface area contributed by atoms with Gasteiger partial charge in [-0.15, -0.1) is 0 Å². The average Bonchev–Trinajstić information content (AvgIpc) is 2.52. The lowest BCUT2D eigenvalue weighted by Gasteiger charge is -2.33. The van der Waals surface area contributed by atoms with Crippen LogP contribution >= 0.6 is 11.8 Å². The lowest BCUT2D eigenvalue weighted by Crippen LogP contribution is -2.40. The van der Waals surface area contributed by atoms with E-state index in [0.29, 0.717) is 12.3 Å². The number of hydrogen-bond acceptors (Lipinski definition) is 2. The minimum Gasteiger partial charge on any atom is -0.342 e. The van der Waals surface area contributed by atoms with Gasteiger partial charge in [-0.2, -0.15) is 11.8 Å². The van der Waals surface area contributed by atoms with Crippen molar-refractivity contribution in [3.63, 3.8) is 0 Å². The van der Waals surface area contributed by atoms with E-state index in [1.54, 1.807) is 17.8 Å². The van der Waals surface area contributed by atoms with Crippen molar-refractivity contribution in [2.45, 2.75) is 32.1 Å². The van der Waals surface area contributed by atoms with Crippen molar-refractivity contribution < 1.29 is 9.18 Å². The van der Waals surface area contributed by atoms with E-state index in [-0.39, 0.29) is 11.7 Å². The zero-order valence-electron chi connectivity index (χ0n) is 12.7. The molecule has 1 saturated heterocycles. The lowest BCUT2D eigenvalue weighted by molar-refractivity contribution is -0.132. The second-order valence-corrected chi connectivity index (χ2v) is 6.71. The molecule has 0 saturated carbocycles. The number of piperidine rings is 1. The molecule has 0 radical (unpaired) electrons. The summed E-state index contributed by atoms with van der Waals surface area (Å²) in [6.07, 6.45) is 6.63. The molecule has 1 aromatic rings. The molecule has 1 aromatic carbocycles. The van der Waals surface area contributed by atoms with E-state index in [9.17, 15) is 9.18 Å². The highest BCUT2D eigenvalue weighted by atomic mass is 32.2. The Morgan fingerprint density at radius 2 is 2.24 bits per heavy atom. The molecule has 0 unspecified atom stereocenters. The Labute approximate surface area is 131 Å². The van der Waals surface area contributed by atoms with Gasteiger partial charge in [-0.05, 0) is 49.5 Å². The van der Waals surface area contributed by atoms with E-state index in [4.69, 9.17) is 0 Å². The first-order chi connectivity index (χ1) is 10.2. The number of aryl methyl sites for hydroxylation is 1. The van der Waals surface area contributed by atoms with E-state index < -0.39 is 0 Å². The minimum atomic E-state index is -0.110. The van der Waals surface area contributed by atoms with Crippen LogP contribution in [0.1, 0.15) is 31.2 Å². The first-order valence-electron chi connectivity index (χ1n) is 7.71. The van der Waals surface area contributed by atoms with Crippen LogP contribution in [0.2, 0.25) is 0 Å². The maximum absolute atomic E-state index is 13.6. The van der Waals surface area contributed by atoms with Crippen LogP contribution in [0.15, 0.2) is 24.3 Å². The predicted octanol–water partition coefficient (Wildman–Crippen LogP) is 3.75. The zero-order chi connectivity index (χ0) is 15.1. The van der Waals surface area contributed by atoms with Gasteiger partial charge in [0.15, 0.2) is 0 Å². The third-order valence-corrected chi connectivity index (χ3v) is 4.78. The molecule has 1 aliphatic heterocycles. The summed E-state index contributed by atoms with van der Waals surface area (Å²) in [5, 5.41) is 0. The van der Waals surface area contributed by atoms with E-state index in [1.807, 2.05) is 23.3 Å². The van der Waals surface area contributed by atoms with E-state index in [0.717, 1.165) is 50.1 Å². The molecule has 1 amide bonds. The number of carbonyl (C=O) groups is 1. The van der Waals surface area contributed by atoms with Gasteiger partial charge in [0.2, 0.25) is 5.91 Å². The molecule has 2 nitrogen and oxygen atoms in total. The zero-order valence-corrected chi connectivity index (χ0v) is 13.5. The first kappa shape index (κ1) is 16.3. The quantitative estimate of drug-likeness (QED) is 0.797. The highest BCUT2D eigenvalue weighted by Gasteiger charge is 2.23. The summed E-state index contributed by atoms with van der Waals surface area (Å²) >= 11 is 1.71. The van der Waals surface area contributed by atoms with Crippen molar-refractivity contribution in [1.29, 1.82) is 0 Å². The van der Waals surface area contributed by atoms with Gasteiger partial charge in [0, 0.05) is 25.3 Å². The fourth-order valence-corrected chi connectivity index (χ4v) is 3.31. The smallest absolute Gasteiger partial charge is 0.223 e. The predicted molar refractivity (Wildman–Crippen MR) is 87.0 cm³/mol. The number of likely N-dealkylation sites (tertiary alicyclic amines) is 1. The molecule has 1 heterocycles. The van der Waals surface area contributed by atoms with Crippen LogP contribution in [-0.4, -0.2) is 35.9 Å². The van der Waals surface area contributed by atoms with Gasteiger partial charge < -0.3 is 4.90 Å². The van der Waals surface area contributed by atoms with Crippen molar-refractivity contribution in [1.82, 2.24) is 4.90 Å². The summed E-state index contributed by atoms with van der Waals surface area (Å²) in [6.45, 7) is 1.74. The molecule has 1 atom stereocenters.